The number of hydrogen-bond acceptors (Lipinski definition) is 2. The van der Waals surface area contributed by atoms with Gasteiger partial charge in [-0.05, 0) is 46.2 Å². The number of thiophene rings is 1. The molecular weight excluding hydrogens is 330 g/mol. The Morgan fingerprint density at radius 3 is 2.60 bits per heavy atom. The number of fused-ring (bicyclic) bond motifs is 1. The van der Waals surface area contributed by atoms with Crippen LogP contribution in [0.5, 0.6) is 0 Å². The summed E-state index contributed by atoms with van der Waals surface area (Å²) in [6.45, 7) is 0. The van der Waals surface area contributed by atoms with Crippen molar-refractivity contribution in [1.29, 1.82) is 5.26 Å². The molecule has 1 heterocycles. The molecule has 0 aliphatic heterocycles. The summed E-state index contributed by atoms with van der Waals surface area (Å²) in [7, 11) is 0. The van der Waals surface area contributed by atoms with Crippen LogP contribution >= 0.6 is 27.3 Å². The summed E-state index contributed by atoms with van der Waals surface area (Å²) in [5.41, 5.74) is 2.72. The standard InChI is InChI=1S/C17H10BrNS/c18-15-7-5-12(6-8-15)13(10-19)9-14-11-20-17-4-2-1-3-16(14)17/h1-9,11H/b13-9+. The average Bonchev–Trinajstić information content (AvgIpc) is 2.89. The second kappa shape index (κ2) is 5.62. The van der Waals surface area contributed by atoms with Crippen LogP contribution in [0.15, 0.2) is 58.4 Å². The van der Waals surface area contributed by atoms with Gasteiger partial charge in [-0.2, -0.15) is 5.26 Å². The van der Waals surface area contributed by atoms with Gasteiger partial charge in [-0.15, -0.1) is 11.3 Å². The number of rotatable bonds is 2. The first-order valence-corrected chi connectivity index (χ1v) is 7.79. The molecule has 0 saturated carbocycles. The van der Waals surface area contributed by atoms with Crippen molar-refractivity contribution in [1.82, 2.24) is 0 Å². The van der Waals surface area contributed by atoms with E-state index >= 15 is 0 Å². The lowest BCUT2D eigenvalue weighted by atomic mass is 10.0. The highest BCUT2D eigenvalue weighted by Gasteiger charge is 2.05. The van der Waals surface area contributed by atoms with Gasteiger partial charge in [0.05, 0.1) is 11.6 Å². The van der Waals surface area contributed by atoms with E-state index in [1.807, 2.05) is 42.5 Å². The van der Waals surface area contributed by atoms with Gasteiger partial charge in [0.1, 0.15) is 0 Å². The predicted octanol–water partition coefficient (Wildman–Crippen LogP) is 5.73. The van der Waals surface area contributed by atoms with Crippen LogP contribution < -0.4 is 0 Å². The molecule has 0 unspecified atom stereocenters. The molecule has 0 spiro atoms. The molecule has 0 aliphatic rings. The number of allylic oxidation sites excluding steroid dienone is 1. The molecule has 0 bridgehead atoms. The monoisotopic (exact) mass is 339 g/mol. The maximum atomic E-state index is 9.39. The van der Waals surface area contributed by atoms with Crippen LogP contribution in [-0.4, -0.2) is 0 Å². The molecular formula is C17H10BrNS. The minimum atomic E-state index is 0.682. The van der Waals surface area contributed by atoms with Crippen molar-refractivity contribution in [3.63, 3.8) is 0 Å². The second-order valence-electron chi connectivity index (χ2n) is 4.36. The highest BCUT2D eigenvalue weighted by Crippen LogP contribution is 2.29. The van der Waals surface area contributed by atoms with Crippen LogP contribution in [0.25, 0.3) is 21.7 Å². The molecule has 1 aromatic heterocycles. The molecule has 3 aromatic rings. The minimum absolute atomic E-state index is 0.682. The molecule has 2 aromatic carbocycles. The summed E-state index contributed by atoms with van der Waals surface area (Å²) in [5.74, 6) is 0. The molecule has 3 rings (SSSR count). The summed E-state index contributed by atoms with van der Waals surface area (Å²) in [5, 5.41) is 12.7. The van der Waals surface area contributed by atoms with E-state index in [0.29, 0.717) is 5.57 Å². The highest BCUT2D eigenvalue weighted by molar-refractivity contribution is 9.10. The number of hydrogen-bond donors (Lipinski definition) is 0. The third kappa shape index (κ3) is 2.53. The van der Waals surface area contributed by atoms with Gasteiger partial charge in [0.25, 0.3) is 0 Å². The van der Waals surface area contributed by atoms with Crippen LogP contribution in [0.2, 0.25) is 0 Å². The molecule has 20 heavy (non-hydrogen) atoms. The molecule has 0 amide bonds. The minimum Gasteiger partial charge on any atom is -0.192 e. The number of nitriles is 1. The maximum Gasteiger partial charge on any atom is 0.0998 e. The molecule has 0 aliphatic carbocycles. The Bertz CT molecular complexity index is 822. The lowest BCUT2D eigenvalue weighted by Crippen LogP contribution is -1.81. The van der Waals surface area contributed by atoms with Gasteiger partial charge in [-0.25, -0.2) is 0 Å². The highest BCUT2D eigenvalue weighted by atomic mass is 79.9. The van der Waals surface area contributed by atoms with E-state index in [1.165, 1.54) is 10.1 Å². The quantitative estimate of drug-likeness (QED) is 0.547. The van der Waals surface area contributed by atoms with Crippen LogP contribution in [0, 0.1) is 11.3 Å². The van der Waals surface area contributed by atoms with Crippen molar-refractivity contribution in [3.8, 4) is 6.07 Å². The lowest BCUT2D eigenvalue weighted by Gasteiger charge is -1.99. The number of halogens is 1. The molecule has 0 fully saturated rings. The molecule has 3 heteroatoms. The summed E-state index contributed by atoms with van der Waals surface area (Å²) in [4.78, 5) is 0. The van der Waals surface area contributed by atoms with E-state index in [-0.39, 0.29) is 0 Å². The Morgan fingerprint density at radius 2 is 1.85 bits per heavy atom. The predicted molar refractivity (Wildman–Crippen MR) is 89.5 cm³/mol. The smallest absolute Gasteiger partial charge is 0.0998 e. The summed E-state index contributed by atoms with van der Waals surface area (Å²) < 4.78 is 2.26. The molecule has 0 N–H and O–H groups in total. The number of nitrogens with zero attached hydrogens (tertiary/aromatic N) is 1. The third-order valence-electron chi connectivity index (χ3n) is 3.09. The summed E-state index contributed by atoms with van der Waals surface area (Å²) in [6, 6.07) is 18.3. The lowest BCUT2D eigenvalue weighted by molar-refractivity contribution is 1.52. The Balaban J connectivity index is 2.09. The summed E-state index contributed by atoms with van der Waals surface area (Å²) >= 11 is 5.11. The molecule has 0 radical (unpaired) electrons. The van der Waals surface area contributed by atoms with Crippen LogP contribution in [0.1, 0.15) is 11.1 Å². The first kappa shape index (κ1) is 13.1. The Labute approximate surface area is 129 Å². The molecule has 1 nitrogen and oxygen atoms in total. The normalized spacial score (nSPS) is 11.5. The summed E-state index contributed by atoms with van der Waals surface area (Å²) in [6.07, 6.45) is 1.96. The largest absolute Gasteiger partial charge is 0.192 e. The van der Waals surface area contributed by atoms with Crippen LogP contribution in [0.4, 0.5) is 0 Å². The van der Waals surface area contributed by atoms with Crippen LogP contribution in [0.3, 0.4) is 0 Å². The Morgan fingerprint density at radius 1 is 1.10 bits per heavy atom. The SMILES string of the molecule is N#C/C(=C\c1csc2ccccc12)c1ccc(Br)cc1. The van der Waals surface area contributed by atoms with Crippen molar-refractivity contribution in [2.75, 3.05) is 0 Å². The van der Waals surface area contributed by atoms with E-state index in [2.05, 4.69) is 39.5 Å². The zero-order valence-corrected chi connectivity index (χ0v) is 12.9. The van der Waals surface area contributed by atoms with Gasteiger partial charge in [-0.1, -0.05) is 46.3 Å². The van der Waals surface area contributed by atoms with E-state index < -0.39 is 0 Å². The fourth-order valence-electron chi connectivity index (χ4n) is 2.08. The topological polar surface area (TPSA) is 23.8 Å². The first-order valence-electron chi connectivity index (χ1n) is 6.12. The third-order valence-corrected chi connectivity index (χ3v) is 4.60. The maximum absolute atomic E-state index is 9.39. The zero-order valence-electron chi connectivity index (χ0n) is 10.5. The van der Waals surface area contributed by atoms with E-state index in [1.54, 1.807) is 11.3 Å². The fraction of sp³-hybridized carbons (Fsp3) is 0. The average molecular weight is 340 g/mol. The second-order valence-corrected chi connectivity index (χ2v) is 6.19. The van der Waals surface area contributed by atoms with Gasteiger partial charge in [0.15, 0.2) is 0 Å². The van der Waals surface area contributed by atoms with Gasteiger partial charge < -0.3 is 0 Å². The van der Waals surface area contributed by atoms with Gasteiger partial charge in [-0.3, -0.25) is 0 Å². The number of benzene rings is 2. The van der Waals surface area contributed by atoms with Gasteiger partial charge in [0.2, 0.25) is 0 Å². The molecule has 0 saturated heterocycles. The van der Waals surface area contributed by atoms with Crippen molar-refractivity contribution in [3.05, 3.63) is 69.5 Å². The van der Waals surface area contributed by atoms with Crippen molar-refractivity contribution in [2.24, 2.45) is 0 Å². The van der Waals surface area contributed by atoms with E-state index in [9.17, 15) is 5.26 Å². The van der Waals surface area contributed by atoms with E-state index in [0.717, 1.165) is 15.6 Å². The zero-order chi connectivity index (χ0) is 13.9. The Hall–Kier alpha value is -1.89. The van der Waals surface area contributed by atoms with E-state index in [4.69, 9.17) is 0 Å². The van der Waals surface area contributed by atoms with Gasteiger partial charge >= 0.3 is 0 Å². The van der Waals surface area contributed by atoms with Crippen molar-refractivity contribution < 1.29 is 0 Å². The first-order chi connectivity index (χ1) is 9.78. The molecule has 0 atom stereocenters. The molecule has 96 valence electrons. The fourth-order valence-corrected chi connectivity index (χ4v) is 3.26. The van der Waals surface area contributed by atoms with Crippen molar-refractivity contribution >= 4 is 49.0 Å². The van der Waals surface area contributed by atoms with Gasteiger partial charge in [0, 0.05) is 9.17 Å². The van der Waals surface area contributed by atoms with Crippen molar-refractivity contribution in [2.45, 2.75) is 0 Å². The Kier molecular flexibility index (Phi) is 3.68. The van der Waals surface area contributed by atoms with Crippen LogP contribution in [-0.2, 0) is 0 Å².